The van der Waals surface area contributed by atoms with E-state index in [1.54, 1.807) is 11.9 Å². The number of hydrogen-bond donors (Lipinski definition) is 1. The number of rotatable bonds is 6. The van der Waals surface area contributed by atoms with Crippen LogP contribution < -0.4 is 5.73 Å². The molecule has 0 aromatic heterocycles. The van der Waals surface area contributed by atoms with Gasteiger partial charge in [-0.25, -0.2) is 0 Å². The van der Waals surface area contributed by atoms with E-state index in [4.69, 9.17) is 18.0 Å². The third-order valence-corrected chi connectivity index (χ3v) is 3.68. The first-order chi connectivity index (χ1) is 8.95. The van der Waals surface area contributed by atoms with Gasteiger partial charge in [-0.15, -0.1) is 0 Å². The summed E-state index contributed by atoms with van der Waals surface area (Å²) in [6, 6.07) is 7.90. The lowest BCUT2D eigenvalue weighted by Gasteiger charge is -2.23. The average molecular weight is 343 g/mol. The van der Waals surface area contributed by atoms with Gasteiger partial charge in [-0.05, 0) is 24.1 Å². The molecule has 104 valence electrons. The monoisotopic (exact) mass is 342 g/mol. The van der Waals surface area contributed by atoms with Gasteiger partial charge in [-0.2, -0.15) is 0 Å². The molecule has 0 fully saturated rings. The fourth-order valence-corrected chi connectivity index (χ4v) is 2.59. The van der Waals surface area contributed by atoms with Crippen LogP contribution in [0.2, 0.25) is 0 Å². The highest BCUT2D eigenvalue weighted by atomic mass is 79.9. The van der Waals surface area contributed by atoms with E-state index in [0.717, 1.165) is 16.5 Å². The van der Waals surface area contributed by atoms with Crippen LogP contribution in [0.3, 0.4) is 0 Å². The second-order valence-electron chi connectivity index (χ2n) is 4.57. The molecular formula is C14H19BrN2OS. The first kappa shape index (κ1) is 16.1. The number of hydrogen-bond acceptors (Lipinski definition) is 2. The molecule has 0 aliphatic heterocycles. The van der Waals surface area contributed by atoms with Crippen LogP contribution in [0.25, 0.3) is 0 Å². The van der Waals surface area contributed by atoms with Crippen molar-refractivity contribution in [2.75, 3.05) is 7.05 Å². The second-order valence-corrected chi connectivity index (χ2v) is 5.95. The van der Waals surface area contributed by atoms with Crippen LogP contribution in [0.5, 0.6) is 0 Å². The quantitative estimate of drug-likeness (QED) is 0.808. The van der Waals surface area contributed by atoms with Crippen molar-refractivity contribution < 1.29 is 4.79 Å². The summed E-state index contributed by atoms with van der Waals surface area (Å²) in [5, 5.41) is 0. The van der Waals surface area contributed by atoms with Crippen LogP contribution in [-0.4, -0.2) is 22.8 Å². The Balaban J connectivity index is 2.73. The van der Waals surface area contributed by atoms with Crippen molar-refractivity contribution in [2.24, 2.45) is 11.7 Å². The molecule has 0 aliphatic rings. The summed E-state index contributed by atoms with van der Waals surface area (Å²) in [5.74, 6) is -0.355. The Bertz CT molecular complexity index is 465. The molecule has 0 aliphatic carbocycles. The van der Waals surface area contributed by atoms with Crippen molar-refractivity contribution in [1.29, 1.82) is 0 Å². The predicted molar refractivity (Wildman–Crippen MR) is 85.8 cm³/mol. The topological polar surface area (TPSA) is 46.3 Å². The number of benzene rings is 1. The predicted octanol–water partition coefficient (Wildman–Crippen LogP) is 3.11. The number of carbonyl (C=O) groups is 1. The first-order valence-electron chi connectivity index (χ1n) is 6.24. The first-order valence-corrected chi connectivity index (χ1v) is 7.44. The van der Waals surface area contributed by atoms with Gasteiger partial charge in [-0.3, -0.25) is 4.79 Å². The van der Waals surface area contributed by atoms with Crippen molar-refractivity contribution in [3.8, 4) is 0 Å². The highest BCUT2D eigenvalue weighted by Crippen LogP contribution is 2.16. The van der Waals surface area contributed by atoms with Gasteiger partial charge in [0.05, 0.1) is 10.9 Å². The van der Waals surface area contributed by atoms with E-state index in [-0.39, 0.29) is 16.8 Å². The molecule has 1 aromatic carbocycles. The molecule has 0 radical (unpaired) electrons. The van der Waals surface area contributed by atoms with E-state index in [1.807, 2.05) is 31.2 Å². The molecule has 1 unspecified atom stereocenters. The van der Waals surface area contributed by atoms with Crippen LogP contribution in [0.1, 0.15) is 25.3 Å². The van der Waals surface area contributed by atoms with E-state index >= 15 is 0 Å². The third kappa shape index (κ3) is 4.91. The Labute approximate surface area is 128 Å². The van der Waals surface area contributed by atoms with E-state index in [9.17, 15) is 4.79 Å². The molecular weight excluding hydrogens is 324 g/mol. The van der Waals surface area contributed by atoms with E-state index in [2.05, 4.69) is 15.9 Å². The molecule has 2 N–H and O–H groups in total. The minimum atomic E-state index is -0.350. The maximum atomic E-state index is 12.3. The van der Waals surface area contributed by atoms with E-state index in [0.29, 0.717) is 13.0 Å². The number of nitrogens with zero attached hydrogens (tertiary/aromatic N) is 1. The third-order valence-electron chi connectivity index (χ3n) is 2.90. The number of carbonyl (C=O) groups excluding carboxylic acids is 1. The van der Waals surface area contributed by atoms with Gasteiger partial charge in [0.15, 0.2) is 0 Å². The summed E-state index contributed by atoms with van der Waals surface area (Å²) in [7, 11) is 1.78. The van der Waals surface area contributed by atoms with Crippen LogP contribution in [0, 0.1) is 5.92 Å². The minimum absolute atomic E-state index is 0.00525. The lowest BCUT2D eigenvalue weighted by Crippen LogP contribution is -2.38. The smallest absolute Gasteiger partial charge is 0.232 e. The van der Waals surface area contributed by atoms with Crippen molar-refractivity contribution in [3.63, 3.8) is 0 Å². The van der Waals surface area contributed by atoms with Crippen LogP contribution >= 0.6 is 28.1 Å². The Hall–Kier alpha value is -0.940. The molecule has 0 saturated heterocycles. The molecule has 0 heterocycles. The summed E-state index contributed by atoms with van der Waals surface area (Å²) >= 11 is 8.41. The Kier molecular flexibility index (Phi) is 6.45. The fraction of sp³-hybridized carbons (Fsp3) is 0.429. The SMILES string of the molecule is CCCC(C(=O)N(C)Cc1cccc(Br)c1)C(N)=S. The summed E-state index contributed by atoms with van der Waals surface area (Å²) in [5.41, 5.74) is 6.73. The summed E-state index contributed by atoms with van der Waals surface area (Å²) in [6.45, 7) is 2.58. The molecule has 0 spiro atoms. The molecule has 1 amide bonds. The van der Waals surface area contributed by atoms with Crippen molar-refractivity contribution in [2.45, 2.75) is 26.3 Å². The van der Waals surface area contributed by atoms with Gasteiger partial charge >= 0.3 is 0 Å². The lowest BCUT2D eigenvalue weighted by atomic mass is 10.0. The maximum Gasteiger partial charge on any atom is 0.232 e. The second kappa shape index (κ2) is 7.60. The fourth-order valence-electron chi connectivity index (χ4n) is 1.93. The zero-order valence-corrected chi connectivity index (χ0v) is 13.6. The summed E-state index contributed by atoms with van der Waals surface area (Å²) < 4.78 is 1.00. The highest BCUT2D eigenvalue weighted by Gasteiger charge is 2.23. The largest absolute Gasteiger partial charge is 0.393 e. The van der Waals surface area contributed by atoms with Crippen molar-refractivity contribution >= 4 is 39.0 Å². The maximum absolute atomic E-state index is 12.3. The zero-order valence-electron chi connectivity index (χ0n) is 11.2. The Morgan fingerprint density at radius 1 is 1.53 bits per heavy atom. The molecule has 3 nitrogen and oxygen atoms in total. The summed E-state index contributed by atoms with van der Waals surface area (Å²) in [6.07, 6.45) is 1.59. The van der Waals surface area contributed by atoms with Gasteiger partial charge in [0, 0.05) is 18.1 Å². The molecule has 1 aromatic rings. The van der Waals surface area contributed by atoms with Crippen molar-refractivity contribution in [3.05, 3.63) is 34.3 Å². The molecule has 1 rings (SSSR count). The van der Waals surface area contributed by atoms with E-state index in [1.165, 1.54) is 0 Å². The van der Waals surface area contributed by atoms with Gasteiger partial charge < -0.3 is 10.6 Å². The van der Waals surface area contributed by atoms with Crippen LogP contribution in [0.15, 0.2) is 28.7 Å². The van der Waals surface area contributed by atoms with Gasteiger partial charge in [0.25, 0.3) is 0 Å². The summed E-state index contributed by atoms with van der Waals surface area (Å²) in [4.78, 5) is 14.3. The Morgan fingerprint density at radius 2 is 2.21 bits per heavy atom. The Morgan fingerprint density at radius 3 is 2.74 bits per heavy atom. The molecule has 1 atom stereocenters. The normalized spacial score (nSPS) is 11.9. The average Bonchev–Trinajstić information content (AvgIpc) is 2.34. The minimum Gasteiger partial charge on any atom is -0.393 e. The molecule has 19 heavy (non-hydrogen) atoms. The number of halogens is 1. The van der Waals surface area contributed by atoms with Gasteiger partial charge in [0.1, 0.15) is 0 Å². The highest BCUT2D eigenvalue weighted by molar-refractivity contribution is 9.10. The number of amides is 1. The molecule has 0 saturated carbocycles. The van der Waals surface area contributed by atoms with Gasteiger partial charge in [0.2, 0.25) is 5.91 Å². The van der Waals surface area contributed by atoms with Crippen LogP contribution in [0.4, 0.5) is 0 Å². The lowest BCUT2D eigenvalue weighted by molar-refractivity contribution is -0.132. The van der Waals surface area contributed by atoms with Crippen LogP contribution in [-0.2, 0) is 11.3 Å². The standard InChI is InChI=1S/C14H19BrN2OS/c1-3-5-12(13(16)19)14(18)17(2)9-10-6-4-7-11(15)8-10/h4,6-8,12H,3,5,9H2,1-2H3,(H2,16,19). The zero-order chi connectivity index (χ0) is 14.4. The number of nitrogens with two attached hydrogens (primary N) is 1. The van der Waals surface area contributed by atoms with E-state index < -0.39 is 0 Å². The molecule has 5 heteroatoms. The van der Waals surface area contributed by atoms with Gasteiger partial charge in [-0.1, -0.05) is 53.6 Å². The number of thiocarbonyl (C=S) groups is 1. The van der Waals surface area contributed by atoms with Crippen molar-refractivity contribution in [1.82, 2.24) is 4.90 Å². The molecule has 0 bridgehead atoms.